The average molecular weight is 266 g/mol. The van der Waals surface area contributed by atoms with Gasteiger partial charge in [-0.05, 0) is 5.56 Å². The molecule has 2 atom stereocenters. The second-order valence-electron chi connectivity index (χ2n) is 4.07. The summed E-state index contributed by atoms with van der Waals surface area (Å²) in [6.07, 6.45) is 0.194. The third kappa shape index (κ3) is 4.69. The molecule has 0 radical (unpaired) electrons. The van der Waals surface area contributed by atoms with Crippen molar-refractivity contribution in [3.05, 3.63) is 35.9 Å². The number of nitrogens with one attached hydrogen (secondary N) is 1. The fourth-order valence-electron chi connectivity index (χ4n) is 1.57. The standard InChI is InChI=1S/C13H18N2O4/c1-19-8-7-10(13(17)18)15-12(16)11(14)9-5-3-2-4-6-9/h2-6,10-11H,7-8,14H2,1H3,(H,15,16)(H,17,18)/t10?,11-/m1/s1. The van der Waals surface area contributed by atoms with Crippen LogP contribution in [0.4, 0.5) is 0 Å². The summed E-state index contributed by atoms with van der Waals surface area (Å²) in [7, 11) is 1.47. The number of aliphatic carboxylic acids is 1. The topological polar surface area (TPSA) is 102 Å². The van der Waals surface area contributed by atoms with Gasteiger partial charge in [0.15, 0.2) is 0 Å². The number of carbonyl (C=O) groups excluding carboxylic acids is 1. The van der Waals surface area contributed by atoms with E-state index in [2.05, 4.69) is 5.32 Å². The normalized spacial score (nSPS) is 13.6. The third-order valence-electron chi connectivity index (χ3n) is 2.67. The summed E-state index contributed by atoms with van der Waals surface area (Å²) in [5.74, 6) is -1.62. The maximum atomic E-state index is 11.9. The van der Waals surface area contributed by atoms with Gasteiger partial charge in [0.2, 0.25) is 5.91 Å². The number of carboxylic acids is 1. The molecule has 0 heterocycles. The van der Waals surface area contributed by atoms with Crippen LogP contribution in [0.1, 0.15) is 18.0 Å². The number of nitrogens with two attached hydrogens (primary N) is 1. The molecule has 4 N–H and O–H groups in total. The zero-order valence-electron chi connectivity index (χ0n) is 10.7. The van der Waals surface area contributed by atoms with Gasteiger partial charge in [0.1, 0.15) is 12.1 Å². The van der Waals surface area contributed by atoms with Crippen LogP contribution in [0, 0.1) is 0 Å². The van der Waals surface area contributed by atoms with Gasteiger partial charge in [-0.15, -0.1) is 0 Å². The van der Waals surface area contributed by atoms with Crippen LogP contribution >= 0.6 is 0 Å². The predicted molar refractivity (Wildman–Crippen MR) is 69.4 cm³/mol. The summed E-state index contributed by atoms with van der Waals surface area (Å²) < 4.78 is 4.80. The van der Waals surface area contributed by atoms with Crippen molar-refractivity contribution in [1.29, 1.82) is 0 Å². The Morgan fingerprint density at radius 1 is 1.37 bits per heavy atom. The maximum absolute atomic E-state index is 11.9. The van der Waals surface area contributed by atoms with Gasteiger partial charge in [0.05, 0.1) is 0 Å². The predicted octanol–water partition coefficient (Wildman–Crippen LogP) is 0.292. The van der Waals surface area contributed by atoms with Crippen molar-refractivity contribution in [3.8, 4) is 0 Å². The van der Waals surface area contributed by atoms with Crippen LogP contribution < -0.4 is 11.1 Å². The van der Waals surface area contributed by atoms with E-state index >= 15 is 0 Å². The smallest absolute Gasteiger partial charge is 0.326 e. The summed E-state index contributed by atoms with van der Waals surface area (Å²) in [6.45, 7) is 0.248. The first kappa shape index (κ1) is 15.1. The Bertz CT molecular complexity index is 422. The maximum Gasteiger partial charge on any atom is 0.326 e. The highest BCUT2D eigenvalue weighted by Crippen LogP contribution is 2.10. The number of hydrogen-bond acceptors (Lipinski definition) is 4. The van der Waals surface area contributed by atoms with Gasteiger partial charge in [0.25, 0.3) is 0 Å². The van der Waals surface area contributed by atoms with Crippen molar-refractivity contribution in [2.75, 3.05) is 13.7 Å². The van der Waals surface area contributed by atoms with E-state index in [9.17, 15) is 9.59 Å². The molecule has 0 fully saturated rings. The molecule has 1 amide bonds. The molecule has 0 aliphatic heterocycles. The minimum atomic E-state index is -1.11. The minimum absolute atomic E-state index is 0.194. The second kappa shape index (κ2) is 7.50. The Morgan fingerprint density at radius 3 is 2.53 bits per heavy atom. The summed E-state index contributed by atoms with van der Waals surface area (Å²) >= 11 is 0. The molecule has 0 saturated heterocycles. The number of carbonyl (C=O) groups is 2. The first-order valence-corrected chi connectivity index (χ1v) is 5.89. The van der Waals surface area contributed by atoms with Gasteiger partial charge in [-0.1, -0.05) is 30.3 Å². The molecule has 0 spiro atoms. The van der Waals surface area contributed by atoms with Crippen LogP contribution in [0.3, 0.4) is 0 Å². The highest BCUT2D eigenvalue weighted by Gasteiger charge is 2.23. The van der Waals surface area contributed by atoms with Gasteiger partial charge in [-0.3, -0.25) is 4.79 Å². The van der Waals surface area contributed by atoms with E-state index < -0.39 is 24.0 Å². The zero-order chi connectivity index (χ0) is 14.3. The number of ether oxygens (including phenoxy) is 1. The molecular formula is C13H18N2O4. The Hall–Kier alpha value is -1.92. The van der Waals surface area contributed by atoms with Crippen LogP contribution in [0.15, 0.2) is 30.3 Å². The fraction of sp³-hybridized carbons (Fsp3) is 0.385. The number of rotatable bonds is 7. The highest BCUT2D eigenvalue weighted by molar-refractivity contribution is 5.87. The van der Waals surface area contributed by atoms with Crippen LogP contribution in [0.2, 0.25) is 0 Å². The molecule has 0 aliphatic rings. The lowest BCUT2D eigenvalue weighted by molar-refractivity contribution is -0.142. The average Bonchev–Trinajstić information content (AvgIpc) is 2.43. The summed E-state index contributed by atoms with van der Waals surface area (Å²) in [5.41, 5.74) is 6.41. The van der Waals surface area contributed by atoms with E-state index in [4.69, 9.17) is 15.6 Å². The van der Waals surface area contributed by atoms with E-state index in [-0.39, 0.29) is 13.0 Å². The molecule has 0 aromatic heterocycles. The highest BCUT2D eigenvalue weighted by atomic mass is 16.5. The molecule has 1 aromatic rings. The number of amides is 1. The van der Waals surface area contributed by atoms with Gasteiger partial charge < -0.3 is 20.9 Å². The first-order valence-electron chi connectivity index (χ1n) is 5.89. The Kier molecular flexibility index (Phi) is 5.98. The van der Waals surface area contributed by atoms with Crippen LogP contribution in [-0.4, -0.2) is 36.7 Å². The van der Waals surface area contributed by atoms with Gasteiger partial charge in [0, 0.05) is 20.1 Å². The Morgan fingerprint density at radius 2 is 2.00 bits per heavy atom. The first-order chi connectivity index (χ1) is 9.06. The molecule has 19 heavy (non-hydrogen) atoms. The molecule has 1 unspecified atom stereocenters. The van der Waals surface area contributed by atoms with Crippen molar-refractivity contribution in [2.24, 2.45) is 5.73 Å². The van der Waals surface area contributed by atoms with Crippen molar-refractivity contribution in [2.45, 2.75) is 18.5 Å². The van der Waals surface area contributed by atoms with Crippen molar-refractivity contribution < 1.29 is 19.4 Å². The van der Waals surface area contributed by atoms with E-state index in [0.717, 1.165) is 0 Å². The quantitative estimate of drug-likeness (QED) is 0.658. The Labute approximate surface area is 111 Å². The molecule has 6 heteroatoms. The van der Waals surface area contributed by atoms with E-state index in [1.807, 2.05) is 6.07 Å². The van der Waals surface area contributed by atoms with E-state index in [1.165, 1.54) is 7.11 Å². The van der Waals surface area contributed by atoms with E-state index in [0.29, 0.717) is 5.56 Å². The SMILES string of the molecule is COCCC(NC(=O)[C@H](N)c1ccccc1)C(=O)O. The number of carboxylic acid groups (broad SMARTS) is 1. The summed E-state index contributed by atoms with van der Waals surface area (Å²) in [4.78, 5) is 22.9. The third-order valence-corrected chi connectivity index (χ3v) is 2.67. The van der Waals surface area contributed by atoms with Crippen LogP contribution in [-0.2, 0) is 14.3 Å². The van der Waals surface area contributed by atoms with Crippen LogP contribution in [0.25, 0.3) is 0 Å². The molecule has 0 aliphatic carbocycles. The number of methoxy groups -OCH3 is 1. The molecule has 0 saturated carbocycles. The lowest BCUT2D eigenvalue weighted by Crippen LogP contribution is -2.45. The minimum Gasteiger partial charge on any atom is -0.480 e. The summed E-state index contributed by atoms with van der Waals surface area (Å²) in [6, 6.07) is 6.90. The van der Waals surface area contributed by atoms with Crippen molar-refractivity contribution >= 4 is 11.9 Å². The Balaban J connectivity index is 2.64. The number of benzene rings is 1. The van der Waals surface area contributed by atoms with Crippen molar-refractivity contribution in [1.82, 2.24) is 5.32 Å². The molecule has 6 nitrogen and oxygen atoms in total. The van der Waals surface area contributed by atoms with Gasteiger partial charge in [-0.2, -0.15) is 0 Å². The molecule has 1 rings (SSSR count). The van der Waals surface area contributed by atoms with E-state index in [1.54, 1.807) is 24.3 Å². The van der Waals surface area contributed by atoms with Gasteiger partial charge >= 0.3 is 5.97 Å². The summed E-state index contributed by atoms with van der Waals surface area (Å²) in [5, 5.41) is 11.4. The fourth-order valence-corrected chi connectivity index (χ4v) is 1.57. The lowest BCUT2D eigenvalue weighted by Gasteiger charge is -2.17. The molecular weight excluding hydrogens is 248 g/mol. The van der Waals surface area contributed by atoms with Gasteiger partial charge in [-0.25, -0.2) is 4.79 Å². The number of hydrogen-bond donors (Lipinski definition) is 3. The molecule has 0 bridgehead atoms. The molecule has 104 valence electrons. The molecule has 1 aromatic carbocycles. The second-order valence-corrected chi connectivity index (χ2v) is 4.07. The van der Waals surface area contributed by atoms with Crippen LogP contribution in [0.5, 0.6) is 0 Å². The lowest BCUT2D eigenvalue weighted by atomic mass is 10.1. The largest absolute Gasteiger partial charge is 0.480 e. The monoisotopic (exact) mass is 266 g/mol. The zero-order valence-corrected chi connectivity index (χ0v) is 10.7. The van der Waals surface area contributed by atoms with Crippen molar-refractivity contribution in [3.63, 3.8) is 0 Å².